The number of rotatable bonds is 7. The highest BCUT2D eigenvalue weighted by molar-refractivity contribution is 5.69. The van der Waals surface area contributed by atoms with Crippen molar-refractivity contribution in [2.24, 2.45) is 0 Å². The Kier molecular flexibility index (Phi) is 7.42. The van der Waals surface area contributed by atoms with Gasteiger partial charge in [-0.1, -0.05) is 0 Å². The minimum absolute atomic E-state index is 0.00271. The van der Waals surface area contributed by atoms with Crippen LogP contribution in [0, 0.1) is 0 Å². The van der Waals surface area contributed by atoms with Crippen molar-refractivity contribution in [2.75, 3.05) is 25.2 Å². The Bertz CT molecular complexity index is 1220. The zero-order valence-corrected chi connectivity index (χ0v) is 23.6. The molecule has 2 aliphatic heterocycles. The zero-order chi connectivity index (χ0) is 26.9. The van der Waals surface area contributed by atoms with Gasteiger partial charge in [0.05, 0.1) is 29.8 Å². The van der Waals surface area contributed by atoms with E-state index >= 15 is 0 Å². The van der Waals surface area contributed by atoms with E-state index in [2.05, 4.69) is 60.3 Å². The van der Waals surface area contributed by atoms with Crippen LogP contribution in [0.15, 0.2) is 36.7 Å². The highest BCUT2D eigenvalue weighted by Gasteiger charge is 2.39. The molecule has 38 heavy (non-hydrogen) atoms. The molecule has 0 aliphatic carbocycles. The summed E-state index contributed by atoms with van der Waals surface area (Å²) < 4.78 is 13.7. The molecule has 0 bridgehead atoms. The van der Waals surface area contributed by atoms with Gasteiger partial charge in [0.1, 0.15) is 6.23 Å². The fourth-order valence-corrected chi connectivity index (χ4v) is 5.99. The Hall–Kier alpha value is -3.04. The third-order valence-corrected chi connectivity index (χ3v) is 7.49. The SMILES string of the molecule is CCOc1nc(-c2cnn(C3CCCCO3)c2)ccc1-c1ccc(N(C)C2CC(C)(C)NC(C)(C)C2)nn1. The Morgan fingerprint density at radius 1 is 1.05 bits per heavy atom. The van der Waals surface area contributed by atoms with Gasteiger partial charge in [-0.25, -0.2) is 9.67 Å². The molecule has 1 N–H and O–H groups in total. The van der Waals surface area contributed by atoms with Crippen LogP contribution in [0.3, 0.4) is 0 Å². The third kappa shape index (κ3) is 5.83. The molecule has 0 spiro atoms. The van der Waals surface area contributed by atoms with Gasteiger partial charge < -0.3 is 19.7 Å². The molecule has 0 aromatic carbocycles. The molecule has 1 unspecified atom stereocenters. The van der Waals surface area contributed by atoms with E-state index in [1.54, 1.807) is 0 Å². The third-order valence-electron chi connectivity index (χ3n) is 7.49. The topological polar surface area (TPSA) is 90.2 Å². The van der Waals surface area contributed by atoms with Gasteiger partial charge in [0.2, 0.25) is 5.88 Å². The molecule has 2 fully saturated rings. The van der Waals surface area contributed by atoms with E-state index in [9.17, 15) is 0 Å². The Balaban J connectivity index is 1.36. The van der Waals surface area contributed by atoms with Crippen LogP contribution in [-0.2, 0) is 4.74 Å². The number of nitrogens with zero attached hydrogens (tertiary/aromatic N) is 6. The Morgan fingerprint density at radius 3 is 2.47 bits per heavy atom. The van der Waals surface area contributed by atoms with Crippen molar-refractivity contribution < 1.29 is 9.47 Å². The van der Waals surface area contributed by atoms with Gasteiger partial charge in [-0.2, -0.15) is 5.10 Å². The highest BCUT2D eigenvalue weighted by atomic mass is 16.5. The van der Waals surface area contributed by atoms with Gasteiger partial charge in [0, 0.05) is 42.5 Å². The summed E-state index contributed by atoms with van der Waals surface area (Å²) in [6.07, 6.45) is 9.17. The lowest BCUT2D eigenvalue weighted by atomic mass is 9.79. The van der Waals surface area contributed by atoms with Crippen LogP contribution >= 0.6 is 0 Å². The second-order valence-corrected chi connectivity index (χ2v) is 11.9. The summed E-state index contributed by atoms with van der Waals surface area (Å²) in [5.74, 6) is 1.41. The first-order valence-corrected chi connectivity index (χ1v) is 13.8. The number of nitrogens with one attached hydrogen (secondary N) is 1. The van der Waals surface area contributed by atoms with E-state index in [1.165, 1.54) is 0 Å². The predicted octanol–water partition coefficient (Wildman–Crippen LogP) is 5.25. The molecular weight excluding hydrogens is 478 g/mol. The van der Waals surface area contributed by atoms with Crippen LogP contribution in [0.5, 0.6) is 5.88 Å². The molecule has 5 rings (SSSR count). The molecule has 0 radical (unpaired) electrons. The fourth-order valence-electron chi connectivity index (χ4n) is 5.99. The first kappa shape index (κ1) is 26.6. The molecule has 204 valence electrons. The van der Waals surface area contributed by atoms with Crippen molar-refractivity contribution in [1.82, 2.24) is 30.3 Å². The van der Waals surface area contributed by atoms with Crippen molar-refractivity contribution >= 4 is 5.82 Å². The lowest BCUT2D eigenvalue weighted by molar-refractivity contribution is -0.0394. The van der Waals surface area contributed by atoms with Crippen molar-refractivity contribution in [3.8, 4) is 28.4 Å². The first-order valence-electron chi connectivity index (χ1n) is 13.8. The molecule has 1 atom stereocenters. The lowest BCUT2D eigenvalue weighted by Crippen LogP contribution is -2.62. The number of hydrogen-bond acceptors (Lipinski definition) is 8. The maximum absolute atomic E-state index is 5.95. The predicted molar refractivity (Wildman–Crippen MR) is 149 cm³/mol. The summed E-state index contributed by atoms with van der Waals surface area (Å²) in [7, 11) is 2.12. The summed E-state index contributed by atoms with van der Waals surface area (Å²) >= 11 is 0. The van der Waals surface area contributed by atoms with Crippen LogP contribution in [0.2, 0.25) is 0 Å². The minimum Gasteiger partial charge on any atom is -0.477 e. The summed E-state index contributed by atoms with van der Waals surface area (Å²) in [5.41, 5.74) is 3.43. The molecule has 9 heteroatoms. The van der Waals surface area contributed by atoms with E-state index in [1.807, 2.05) is 48.3 Å². The molecule has 2 aliphatic rings. The maximum Gasteiger partial charge on any atom is 0.223 e. The standard InChI is InChI=1S/C29H41N7O2/c1-7-37-27-22(11-12-23(31-27)20-18-30-36(19-20)26-10-8-9-15-38-26)24-13-14-25(33-32-24)35(6)21-16-28(2,3)34-29(4,5)17-21/h11-14,18-19,21,26,34H,7-10,15-17H2,1-6H3. The quantitative estimate of drug-likeness (QED) is 0.453. The van der Waals surface area contributed by atoms with Crippen LogP contribution in [0.1, 0.15) is 73.0 Å². The number of hydrogen-bond donors (Lipinski definition) is 1. The van der Waals surface area contributed by atoms with Crippen LogP contribution < -0.4 is 15.0 Å². The number of ether oxygens (including phenoxy) is 2. The summed E-state index contributed by atoms with van der Waals surface area (Å²) in [5, 5.41) is 17.5. The van der Waals surface area contributed by atoms with Gasteiger partial charge in [0.15, 0.2) is 5.82 Å². The molecule has 0 amide bonds. The van der Waals surface area contributed by atoms with Gasteiger partial charge in [-0.15, -0.1) is 10.2 Å². The molecule has 0 saturated carbocycles. The first-order chi connectivity index (χ1) is 18.1. The molecule has 5 heterocycles. The minimum atomic E-state index is -0.00271. The largest absolute Gasteiger partial charge is 0.477 e. The van der Waals surface area contributed by atoms with Gasteiger partial charge in [0.25, 0.3) is 0 Å². The molecule has 3 aromatic heterocycles. The summed E-state index contributed by atoms with van der Waals surface area (Å²) in [6, 6.07) is 8.42. The Labute approximate surface area is 226 Å². The van der Waals surface area contributed by atoms with Crippen molar-refractivity contribution in [3.63, 3.8) is 0 Å². The molecule has 3 aromatic rings. The second kappa shape index (κ2) is 10.6. The smallest absolute Gasteiger partial charge is 0.223 e. The average Bonchev–Trinajstić information content (AvgIpc) is 3.38. The van der Waals surface area contributed by atoms with Gasteiger partial charge >= 0.3 is 0 Å². The summed E-state index contributed by atoms with van der Waals surface area (Å²) in [6.45, 7) is 12.3. The van der Waals surface area contributed by atoms with E-state index in [0.29, 0.717) is 18.5 Å². The number of piperidine rings is 1. The summed E-state index contributed by atoms with van der Waals surface area (Å²) in [4.78, 5) is 7.09. The van der Waals surface area contributed by atoms with Crippen molar-refractivity contribution in [3.05, 3.63) is 36.7 Å². The second-order valence-electron chi connectivity index (χ2n) is 11.9. The van der Waals surface area contributed by atoms with Crippen molar-refractivity contribution in [2.45, 2.75) is 90.1 Å². The fraction of sp³-hybridized carbons (Fsp3) is 0.586. The highest BCUT2D eigenvalue weighted by Crippen LogP contribution is 2.34. The van der Waals surface area contributed by atoms with Gasteiger partial charge in [-0.3, -0.25) is 0 Å². The van der Waals surface area contributed by atoms with E-state index < -0.39 is 0 Å². The van der Waals surface area contributed by atoms with E-state index in [4.69, 9.17) is 14.5 Å². The van der Waals surface area contributed by atoms with E-state index in [0.717, 1.165) is 67.0 Å². The van der Waals surface area contributed by atoms with Gasteiger partial charge in [-0.05, 0) is 91.0 Å². The van der Waals surface area contributed by atoms with E-state index in [-0.39, 0.29) is 17.3 Å². The number of pyridine rings is 1. The zero-order valence-electron chi connectivity index (χ0n) is 23.6. The normalized spacial score (nSPS) is 21.3. The monoisotopic (exact) mass is 519 g/mol. The van der Waals surface area contributed by atoms with Crippen molar-refractivity contribution in [1.29, 1.82) is 0 Å². The van der Waals surface area contributed by atoms with Crippen LogP contribution in [0.25, 0.3) is 22.5 Å². The Morgan fingerprint density at radius 2 is 1.82 bits per heavy atom. The van der Waals surface area contributed by atoms with Crippen LogP contribution in [0.4, 0.5) is 5.82 Å². The molecule has 9 nitrogen and oxygen atoms in total. The average molecular weight is 520 g/mol. The molecular formula is C29H41N7O2. The molecule has 2 saturated heterocycles. The number of anilines is 1. The lowest BCUT2D eigenvalue weighted by Gasteiger charge is -2.49. The maximum atomic E-state index is 5.95. The number of aromatic nitrogens is 5. The van der Waals surface area contributed by atoms with Crippen LogP contribution in [-0.4, -0.2) is 62.3 Å².